The molecule has 0 spiro atoms. The van der Waals surface area contributed by atoms with E-state index in [0.29, 0.717) is 0 Å². The lowest BCUT2D eigenvalue weighted by Crippen LogP contribution is -1.99. The number of hydrogen-bond acceptors (Lipinski definition) is 1. The van der Waals surface area contributed by atoms with Crippen LogP contribution in [0.5, 0.6) is 0 Å². The molecule has 0 unspecified atom stereocenters. The van der Waals surface area contributed by atoms with Crippen LogP contribution in [0, 0.1) is 0 Å². The van der Waals surface area contributed by atoms with Gasteiger partial charge in [0.05, 0.1) is 0 Å². The summed E-state index contributed by atoms with van der Waals surface area (Å²) in [6.45, 7) is 0. The lowest BCUT2D eigenvalue weighted by molar-refractivity contribution is 0.697. The summed E-state index contributed by atoms with van der Waals surface area (Å²) in [5.74, 6) is 0. The Balaban J connectivity index is 3.54. The zero-order chi connectivity index (χ0) is 6.08. The van der Waals surface area contributed by atoms with Gasteiger partial charge in [0.2, 0.25) is 44.1 Å². The second-order valence-electron chi connectivity index (χ2n) is 1.27. The quantitative estimate of drug-likeness (QED) is 0.510. The molecule has 0 saturated carbocycles. The third-order valence-electron chi connectivity index (χ3n) is 0.454. The second-order valence-corrected chi connectivity index (χ2v) is 21.7. The minimum absolute atomic E-state index is 1.24. The van der Waals surface area contributed by atoms with E-state index in [9.17, 15) is 0 Å². The highest BCUT2D eigenvalue weighted by molar-refractivity contribution is 14.3. The first-order valence-corrected chi connectivity index (χ1v) is 9.82. The maximum atomic E-state index is 5.88. The summed E-state index contributed by atoms with van der Waals surface area (Å²) in [6.07, 6.45) is 0. The molecule has 0 atom stereocenters. The molecular weight excluding hydrogens is 358 g/mol. The summed E-state index contributed by atoms with van der Waals surface area (Å²) in [7, 11) is 3.97. The largest absolute Gasteiger partial charge is 0.301 e. The van der Waals surface area contributed by atoms with Crippen molar-refractivity contribution in [1.29, 1.82) is 0 Å². The second kappa shape index (κ2) is 3.34. The molecule has 0 saturated heterocycles. The van der Waals surface area contributed by atoms with Crippen molar-refractivity contribution in [3.63, 3.8) is 0 Å². The van der Waals surface area contributed by atoms with E-state index in [1.165, 1.54) is 0 Å². The molecule has 0 N–H and O–H groups in total. The first-order chi connectivity index (χ1) is 2.94. The maximum absolute atomic E-state index is 5.88. The molecule has 7 heavy (non-hydrogen) atoms. The summed E-state index contributed by atoms with van der Waals surface area (Å²) in [6, 6.07) is 0. The predicted molar refractivity (Wildman–Crippen MR) is 54.5 cm³/mol. The molecule has 0 aromatic carbocycles. The molecule has 5 heteroatoms. The number of hydrogen-bond donors (Lipinski definition) is 0. The maximum Gasteiger partial charge on any atom is 0.301 e. The molecule has 44 valence electrons. The van der Waals surface area contributed by atoms with Crippen LogP contribution in [0.1, 0.15) is 0 Å². The number of halogens is 3. The Morgan fingerprint density at radius 1 is 1.43 bits per heavy atom. The molecule has 0 aliphatic carbocycles. The highest BCUT2D eigenvalue weighted by Gasteiger charge is 2.33. The van der Waals surface area contributed by atoms with Crippen LogP contribution in [0.2, 0.25) is 0 Å². The Kier molecular flexibility index (Phi) is 4.37. The molecule has 0 aliphatic rings. The molecule has 0 aromatic rings. The van der Waals surface area contributed by atoms with Crippen molar-refractivity contribution in [2.45, 2.75) is 0 Å². The zero-order valence-corrected chi connectivity index (χ0v) is 9.99. The van der Waals surface area contributed by atoms with Gasteiger partial charge in [-0.2, -0.15) is 4.67 Å². The molecule has 0 bridgehead atoms. The van der Waals surface area contributed by atoms with E-state index in [-0.39, 0.29) is 0 Å². The first kappa shape index (κ1) is 9.14. The van der Waals surface area contributed by atoms with Crippen molar-refractivity contribution in [3.8, 4) is 0 Å². The van der Waals surface area contributed by atoms with Gasteiger partial charge in [0.1, 0.15) is 11.2 Å². The van der Waals surface area contributed by atoms with E-state index in [2.05, 4.69) is 44.1 Å². The molecule has 0 heterocycles. The van der Waals surface area contributed by atoms with Crippen LogP contribution in [0.15, 0.2) is 0 Å². The Labute approximate surface area is 75.3 Å². The molecule has 0 fully saturated rings. The Morgan fingerprint density at radius 3 is 1.57 bits per heavy atom. The van der Waals surface area contributed by atoms with Gasteiger partial charge in [-0.05, 0) is 0 Å². The first-order valence-electron chi connectivity index (χ1n) is 1.60. The fourth-order valence-electron chi connectivity index (χ4n) is 0. The number of nitrogens with zero attached hydrogens (tertiary/aromatic N) is 1. The highest BCUT2D eigenvalue weighted by Crippen LogP contribution is 2.80. The topological polar surface area (TPSA) is 3.24 Å². The predicted octanol–water partition coefficient (Wildman–Crippen LogP) is 3.33. The van der Waals surface area contributed by atoms with Crippen LogP contribution in [0.25, 0.3) is 0 Å². The van der Waals surface area contributed by atoms with Crippen LogP contribution in [-0.4, -0.2) is 18.8 Å². The summed E-state index contributed by atoms with van der Waals surface area (Å²) >= 11 is 10.4. The molecule has 0 rings (SSSR count). The highest BCUT2D eigenvalue weighted by atomic mass is 127. The average Bonchev–Trinajstić information content (AvgIpc) is 1.31. The molecular formula is C2H6ClI2NP+. The van der Waals surface area contributed by atoms with Gasteiger partial charge in [-0.15, -0.1) is 0 Å². The fourth-order valence-corrected chi connectivity index (χ4v) is 0. The van der Waals surface area contributed by atoms with Gasteiger partial charge >= 0.3 is 2.05 Å². The monoisotopic (exact) mass is 364 g/mol. The summed E-state index contributed by atoms with van der Waals surface area (Å²) in [4.78, 5) is 0. The van der Waals surface area contributed by atoms with E-state index in [1.54, 1.807) is 0 Å². The standard InChI is InChI=1S/C2H6ClI2NP/c1-6(2)7(3,4)5/h1-2H3/q+1. The van der Waals surface area contributed by atoms with Crippen LogP contribution in [0.4, 0.5) is 0 Å². The van der Waals surface area contributed by atoms with Gasteiger partial charge in [0.25, 0.3) is 0 Å². The molecule has 0 aromatic heterocycles. The zero-order valence-electron chi connectivity index (χ0n) is 4.03. The Morgan fingerprint density at radius 2 is 1.57 bits per heavy atom. The summed E-state index contributed by atoms with van der Waals surface area (Å²) in [5.41, 5.74) is 0. The van der Waals surface area contributed by atoms with Crippen LogP contribution < -0.4 is 0 Å². The van der Waals surface area contributed by atoms with Crippen LogP contribution in [-0.2, 0) is 0 Å². The molecule has 0 radical (unpaired) electrons. The Bertz CT molecular complexity index is 61.2. The molecule has 0 aliphatic heterocycles. The normalized spacial score (nSPS) is 12.9. The van der Waals surface area contributed by atoms with Gasteiger partial charge in [-0.25, -0.2) is 0 Å². The van der Waals surface area contributed by atoms with Crippen molar-refractivity contribution in [2.75, 3.05) is 14.1 Å². The van der Waals surface area contributed by atoms with Crippen molar-refractivity contribution in [2.24, 2.45) is 0 Å². The third kappa shape index (κ3) is 4.63. The molecule has 0 amide bonds. The SMILES string of the molecule is CN(C)[P+](Cl)(I)I. The van der Waals surface area contributed by atoms with E-state index in [1.807, 2.05) is 18.8 Å². The van der Waals surface area contributed by atoms with Crippen molar-refractivity contribution in [3.05, 3.63) is 0 Å². The van der Waals surface area contributed by atoms with E-state index >= 15 is 0 Å². The number of rotatable bonds is 1. The lowest BCUT2D eigenvalue weighted by atomic mass is 11.3. The van der Waals surface area contributed by atoms with Gasteiger partial charge in [0, 0.05) is 14.1 Å². The van der Waals surface area contributed by atoms with E-state index < -0.39 is 2.05 Å². The van der Waals surface area contributed by atoms with Gasteiger partial charge in [-0.1, -0.05) is 0 Å². The average molecular weight is 364 g/mol. The van der Waals surface area contributed by atoms with E-state index in [0.717, 1.165) is 0 Å². The van der Waals surface area contributed by atoms with Crippen molar-refractivity contribution >= 4 is 57.4 Å². The van der Waals surface area contributed by atoms with Gasteiger partial charge in [-0.3, -0.25) is 0 Å². The van der Waals surface area contributed by atoms with Gasteiger partial charge in [0.15, 0.2) is 0 Å². The summed E-state index contributed by atoms with van der Waals surface area (Å²) in [5, 5.41) is 0. The summed E-state index contributed by atoms with van der Waals surface area (Å²) < 4.78 is 0.795. The Hall–Kier alpha value is 2.14. The van der Waals surface area contributed by atoms with Crippen LogP contribution in [0.3, 0.4) is 0 Å². The smallest absolute Gasteiger partial charge is 0.155 e. The van der Waals surface area contributed by atoms with Crippen molar-refractivity contribution in [1.82, 2.24) is 4.67 Å². The fraction of sp³-hybridized carbons (Fsp3) is 1.00. The minimum Gasteiger partial charge on any atom is -0.155 e. The molecule has 1 nitrogen and oxygen atoms in total. The van der Waals surface area contributed by atoms with Crippen molar-refractivity contribution < 1.29 is 0 Å². The minimum atomic E-state index is -1.24. The van der Waals surface area contributed by atoms with Crippen LogP contribution >= 0.6 is 57.4 Å². The van der Waals surface area contributed by atoms with E-state index in [4.69, 9.17) is 11.2 Å². The van der Waals surface area contributed by atoms with Gasteiger partial charge < -0.3 is 0 Å². The third-order valence-corrected chi connectivity index (χ3v) is 7.45. The lowest BCUT2D eigenvalue weighted by Gasteiger charge is -2.07.